The predicted molar refractivity (Wildman–Crippen MR) is 91.7 cm³/mol. The third-order valence-electron chi connectivity index (χ3n) is 6.39. The average Bonchev–Trinajstić information content (AvgIpc) is 3.11. The number of nitrogens with one attached hydrogen (secondary N) is 1. The Labute approximate surface area is 143 Å². The highest BCUT2D eigenvalue weighted by Crippen LogP contribution is 2.44. The van der Waals surface area contributed by atoms with E-state index in [4.69, 9.17) is 4.74 Å². The molecule has 24 heavy (non-hydrogen) atoms. The Balaban J connectivity index is 1.43. The minimum absolute atomic E-state index is 0.0255. The van der Waals surface area contributed by atoms with Crippen molar-refractivity contribution < 1.29 is 9.53 Å². The van der Waals surface area contributed by atoms with E-state index in [9.17, 15) is 4.79 Å². The van der Waals surface area contributed by atoms with Crippen LogP contribution in [0, 0.1) is 11.3 Å². The molecule has 1 N–H and O–H groups in total. The summed E-state index contributed by atoms with van der Waals surface area (Å²) in [5.41, 5.74) is 1.27. The fourth-order valence-corrected chi connectivity index (χ4v) is 4.64. The summed E-state index contributed by atoms with van der Waals surface area (Å²) in [7, 11) is 0. The second kappa shape index (κ2) is 5.73. The molecule has 1 aromatic rings. The summed E-state index contributed by atoms with van der Waals surface area (Å²) in [6, 6.07) is 6.36. The van der Waals surface area contributed by atoms with Crippen LogP contribution in [0.25, 0.3) is 0 Å². The molecule has 1 saturated carbocycles. The fourth-order valence-electron chi connectivity index (χ4n) is 4.64. The molecule has 2 atom stereocenters. The topological polar surface area (TPSA) is 54.5 Å². The van der Waals surface area contributed by atoms with Gasteiger partial charge in [0.15, 0.2) is 0 Å². The molecule has 0 unspecified atom stereocenters. The highest BCUT2D eigenvalue weighted by Gasteiger charge is 2.52. The number of likely N-dealkylation sites (tertiary alicyclic amines) is 1. The number of hydrogen-bond acceptors (Lipinski definition) is 3. The van der Waals surface area contributed by atoms with E-state index in [0.717, 1.165) is 31.7 Å². The molecule has 0 spiro atoms. The summed E-state index contributed by atoms with van der Waals surface area (Å²) in [5, 5.41) is 3.21. The molecule has 5 heteroatoms. The summed E-state index contributed by atoms with van der Waals surface area (Å²) >= 11 is 0. The van der Waals surface area contributed by atoms with Crippen molar-refractivity contribution in [2.24, 2.45) is 11.3 Å². The second-order valence-electron chi connectivity index (χ2n) is 8.34. The molecule has 0 bridgehead atoms. The van der Waals surface area contributed by atoms with Crippen molar-refractivity contribution >= 4 is 6.03 Å². The van der Waals surface area contributed by atoms with Gasteiger partial charge in [-0.3, -0.25) is 4.98 Å². The minimum atomic E-state index is 0.0255. The Bertz CT molecular complexity index is 612. The highest BCUT2D eigenvalue weighted by atomic mass is 16.5. The summed E-state index contributed by atoms with van der Waals surface area (Å²) in [6.45, 7) is 7.43. The van der Waals surface area contributed by atoms with Crippen LogP contribution in [-0.4, -0.2) is 48.3 Å². The summed E-state index contributed by atoms with van der Waals surface area (Å²) in [6.07, 6.45) is 5.26. The Morgan fingerprint density at radius 1 is 1.38 bits per heavy atom. The predicted octanol–water partition coefficient (Wildman–Crippen LogP) is 2.57. The van der Waals surface area contributed by atoms with Crippen molar-refractivity contribution in [3.8, 4) is 0 Å². The molecule has 2 aliphatic heterocycles. The average molecular weight is 329 g/mol. The van der Waals surface area contributed by atoms with Crippen molar-refractivity contribution in [1.82, 2.24) is 15.2 Å². The highest BCUT2D eigenvalue weighted by molar-refractivity contribution is 5.75. The van der Waals surface area contributed by atoms with Crippen molar-refractivity contribution in [2.45, 2.75) is 44.6 Å². The number of fused-ring (bicyclic) bond motifs is 1. The largest absolute Gasteiger partial charge is 0.379 e. The van der Waals surface area contributed by atoms with Gasteiger partial charge in [0.25, 0.3) is 0 Å². The van der Waals surface area contributed by atoms with Crippen molar-refractivity contribution in [3.05, 3.63) is 30.1 Å². The van der Waals surface area contributed by atoms with Gasteiger partial charge < -0.3 is 15.0 Å². The molecular formula is C19H27N3O2. The molecule has 3 fully saturated rings. The molecule has 0 radical (unpaired) electrons. The third-order valence-corrected chi connectivity index (χ3v) is 6.39. The third kappa shape index (κ3) is 2.50. The van der Waals surface area contributed by atoms with E-state index >= 15 is 0 Å². The minimum Gasteiger partial charge on any atom is -0.379 e. The maximum atomic E-state index is 12.8. The van der Waals surface area contributed by atoms with Gasteiger partial charge in [-0.25, -0.2) is 4.79 Å². The fraction of sp³-hybridized carbons (Fsp3) is 0.684. The van der Waals surface area contributed by atoms with Gasteiger partial charge in [-0.15, -0.1) is 0 Å². The van der Waals surface area contributed by atoms with Crippen LogP contribution in [0.2, 0.25) is 0 Å². The molecule has 2 amide bonds. The van der Waals surface area contributed by atoms with Gasteiger partial charge in [-0.05, 0) is 30.4 Å². The number of carbonyl (C=O) groups is 1. The zero-order valence-electron chi connectivity index (χ0n) is 14.6. The van der Waals surface area contributed by atoms with Crippen LogP contribution < -0.4 is 5.32 Å². The lowest BCUT2D eigenvalue weighted by Gasteiger charge is -2.42. The number of pyridine rings is 1. The number of nitrogens with zero attached hydrogens (tertiary/aromatic N) is 2. The van der Waals surface area contributed by atoms with Crippen LogP contribution in [-0.2, 0) is 10.2 Å². The Morgan fingerprint density at radius 3 is 2.88 bits per heavy atom. The van der Waals surface area contributed by atoms with E-state index < -0.39 is 0 Å². The Hall–Kier alpha value is -1.62. The van der Waals surface area contributed by atoms with E-state index in [-0.39, 0.29) is 22.9 Å². The van der Waals surface area contributed by atoms with Crippen molar-refractivity contribution in [2.75, 3.05) is 26.3 Å². The van der Waals surface area contributed by atoms with Crippen LogP contribution in [0.3, 0.4) is 0 Å². The van der Waals surface area contributed by atoms with E-state index in [2.05, 4.69) is 30.2 Å². The van der Waals surface area contributed by atoms with E-state index in [1.807, 2.05) is 23.2 Å². The zero-order chi connectivity index (χ0) is 16.8. The first-order valence-corrected chi connectivity index (χ1v) is 9.06. The van der Waals surface area contributed by atoms with Gasteiger partial charge >= 0.3 is 6.03 Å². The Morgan fingerprint density at radius 2 is 2.21 bits per heavy atom. The maximum Gasteiger partial charge on any atom is 0.317 e. The van der Waals surface area contributed by atoms with E-state index in [1.165, 1.54) is 6.42 Å². The smallest absolute Gasteiger partial charge is 0.317 e. The van der Waals surface area contributed by atoms with Crippen molar-refractivity contribution in [3.63, 3.8) is 0 Å². The van der Waals surface area contributed by atoms with Crippen LogP contribution >= 0.6 is 0 Å². The molecule has 0 aromatic carbocycles. The number of hydrogen-bond donors (Lipinski definition) is 1. The SMILES string of the molecule is CC1(C)CN(C(=O)NCC2(c3ccccn3)CCC2)[C@@H]2COC[C@@H]21. The van der Waals surface area contributed by atoms with Crippen LogP contribution in [0.1, 0.15) is 38.8 Å². The van der Waals surface area contributed by atoms with Gasteiger partial charge in [0.05, 0.1) is 19.3 Å². The number of carbonyl (C=O) groups excluding carboxylic acids is 1. The van der Waals surface area contributed by atoms with Gasteiger partial charge in [-0.2, -0.15) is 0 Å². The number of ether oxygens (including phenoxy) is 1. The van der Waals surface area contributed by atoms with E-state index in [1.54, 1.807) is 0 Å². The number of urea groups is 1. The molecule has 4 rings (SSSR count). The first-order valence-electron chi connectivity index (χ1n) is 9.06. The monoisotopic (exact) mass is 329 g/mol. The van der Waals surface area contributed by atoms with E-state index in [0.29, 0.717) is 19.1 Å². The lowest BCUT2D eigenvalue weighted by atomic mass is 9.66. The summed E-state index contributed by atoms with van der Waals surface area (Å²) in [5.74, 6) is 0.455. The molecule has 130 valence electrons. The standard InChI is InChI=1S/C19H27N3O2/c1-18(2)13-22(15-11-24-10-14(15)18)17(23)21-12-19(7-5-8-19)16-6-3-4-9-20-16/h3-4,6,9,14-15H,5,7-8,10-13H2,1-2H3,(H,21,23)/t14-,15+/m0/s1. The zero-order valence-corrected chi connectivity index (χ0v) is 14.6. The van der Waals surface area contributed by atoms with Crippen molar-refractivity contribution in [1.29, 1.82) is 0 Å². The first-order chi connectivity index (χ1) is 11.5. The number of amides is 2. The molecular weight excluding hydrogens is 302 g/mol. The summed E-state index contributed by atoms with van der Waals surface area (Å²) in [4.78, 5) is 19.4. The normalized spacial score (nSPS) is 29.8. The van der Waals surface area contributed by atoms with Gasteiger partial charge in [-0.1, -0.05) is 26.3 Å². The van der Waals surface area contributed by atoms with Gasteiger partial charge in [0.2, 0.25) is 0 Å². The summed E-state index contributed by atoms with van der Waals surface area (Å²) < 4.78 is 5.64. The molecule has 1 aromatic heterocycles. The molecule has 5 nitrogen and oxygen atoms in total. The second-order valence-corrected chi connectivity index (χ2v) is 8.34. The molecule has 3 heterocycles. The van der Waals surface area contributed by atoms with Gasteiger partial charge in [0.1, 0.15) is 0 Å². The number of rotatable bonds is 3. The van der Waals surface area contributed by atoms with Crippen LogP contribution in [0.15, 0.2) is 24.4 Å². The lowest BCUT2D eigenvalue weighted by molar-refractivity contribution is 0.123. The molecule has 2 saturated heterocycles. The maximum absolute atomic E-state index is 12.8. The van der Waals surface area contributed by atoms with Crippen LogP contribution in [0.4, 0.5) is 4.79 Å². The quantitative estimate of drug-likeness (QED) is 0.927. The first kappa shape index (κ1) is 15.9. The lowest BCUT2D eigenvalue weighted by Crippen LogP contribution is -2.51. The molecule has 3 aliphatic rings. The Kier molecular flexibility index (Phi) is 3.79. The van der Waals surface area contributed by atoms with Gasteiger partial charge in [0, 0.05) is 36.3 Å². The molecule has 1 aliphatic carbocycles. The van der Waals surface area contributed by atoms with Crippen LogP contribution in [0.5, 0.6) is 0 Å². The number of aromatic nitrogens is 1.